The predicted octanol–water partition coefficient (Wildman–Crippen LogP) is 4.94. The van der Waals surface area contributed by atoms with E-state index < -0.39 is 0 Å². The summed E-state index contributed by atoms with van der Waals surface area (Å²) in [6, 6.07) is 23.2. The summed E-state index contributed by atoms with van der Waals surface area (Å²) in [5.74, 6) is 0. The molecular weight excluding hydrogens is 475 g/mol. The molecule has 4 nitrogen and oxygen atoms in total. The molecule has 4 rings (SSSR count). The molecule has 0 atom stereocenters. The number of oxime groups is 1. The first-order valence-corrected chi connectivity index (χ1v) is 11.1. The summed E-state index contributed by atoms with van der Waals surface area (Å²) in [5.41, 5.74) is 3.04. The number of rotatable bonds is 7. The molecule has 1 heterocycles. The lowest BCUT2D eigenvalue weighted by Gasteiger charge is -2.26. The van der Waals surface area contributed by atoms with Gasteiger partial charge in [-0.05, 0) is 51.9 Å². The Kier molecular flexibility index (Phi) is 7.14. The Balaban J connectivity index is 1.53. The highest BCUT2D eigenvalue weighted by Crippen LogP contribution is 2.23. The van der Waals surface area contributed by atoms with Crippen LogP contribution in [0.3, 0.4) is 0 Å². The fraction of sp³-hybridized carbons (Fsp3) is 0.292. The first-order chi connectivity index (χ1) is 14.3. The molecule has 0 amide bonds. The average molecular weight is 500 g/mol. The SMILES string of the molecule is Ic1ccc(/C(=N/OCCCN2CCOCC2)c2cccc3ccccc23)cc1. The van der Waals surface area contributed by atoms with Crippen molar-refractivity contribution >= 4 is 39.1 Å². The molecule has 3 aromatic carbocycles. The first-order valence-electron chi connectivity index (χ1n) is 10.1. The number of ether oxygens (including phenoxy) is 1. The lowest BCUT2D eigenvalue weighted by atomic mass is 9.97. The van der Waals surface area contributed by atoms with Crippen LogP contribution in [0.4, 0.5) is 0 Å². The molecule has 1 fully saturated rings. The maximum absolute atomic E-state index is 5.80. The molecular formula is C24H25IN2O2. The van der Waals surface area contributed by atoms with Crippen LogP contribution < -0.4 is 0 Å². The van der Waals surface area contributed by atoms with E-state index in [1.54, 1.807) is 0 Å². The van der Waals surface area contributed by atoms with E-state index in [-0.39, 0.29) is 0 Å². The molecule has 0 N–H and O–H groups in total. The monoisotopic (exact) mass is 500 g/mol. The fourth-order valence-corrected chi connectivity index (χ4v) is 3.94. The largest absolute Gasteiger partial charge is 0.395 e. The lowest BCUT2D eigenvalue weighted by Crippen LogP contribution is -2.37. The normalized spacial score (nSPS) is 15.6. The van der Waals surface area contributed by atoms with Gasteiger partial charge in [-0.3, -0.25) is 4.90 Å². The van der Waals surface area contributed by atoms with Crippen LogP contribution in [-0.4, -0.2) is 50.1 Å². The first kappa shape index (κ1) is 20.3. The Morgan fingerprint density at radius 1 is 0.966 bits per heavy atom. The zero-order valence-electron chi connectivity index (χ0n) is 16.4. The van der Waals surface area contributed by atoms with Gasteiger partial charge in [-0.2, -0.15) is 0 Å². The summed E-state index contributed by atoms with van der Waals surface area (Å²) in [5, 5.41) is 6.99. The lowest BCUT2D eigenvalue weighted by molar-refractivity contribution is 0.0323. The van der Waals surface area contributed by atoms with Gasteiger partial charge >= 0.3 is 0 Å². The van der Waals surface area contributed by atoms with Crippen LogP contribution >= 0.6 is 22.6 Å². The van der Waals surface area contributed by atoms with Crippen LogP contribution in [0.2, 0.25) is 0 Å². The van der Waals surface area contributed by atoms with Crippen LogP contribution in [0.25, 0.3) is 10.8 Å². The molecule has 5 heteroatoms. The van der Waals surface area contributed by atoms with Gasteiger partial charge in [0.25, 0.3) is 0 Å². The molecule has 3 aromatic rings. The minimum Gasteiger partial charge on any atom is -0.395 e. The average Bonchev–Trinajstić information content (AvgIpc) is 2.78. The Morgan fingerprint density at radius 2 is 1.72 bits per heavy atom. The van der Waals surface area contributed by atoms with Gasteiger partial charge in [-0.25, -0.2) is 0 Å². The third kappa shape index (κ3) is 5.35. The van der Waals surface area contributed by atoms with Gasteiger partial charge < -0.3 is 9.57 Å². The van der Waals surface area contributed by atoms with Crippen molar-refractivity contribution in [1.82, 2.24) is 4.90 Å². The van der Waals surface area contributed by atoms with Gasteiger partial charge in [0.15, 0.2) is 0 Å². The van der Waals surface area contributed by atoms with E-state index in [4.69, 9.17) is 9.57 Å². The third-order valence-electron chi connectivity index (χ3n) is 5.13. The maximum atomic E-state index is 5.80. The zero-order chi connectivity index (χ0) is 19.9. The molecule has 0 aliphatic carbocycles. The highest BCUT2D eigenvalue weighted by Gasteiger charge is 2.12. The Morgan fingerprint density at radius 3 is 2.55 bits per heavy atom. The number of fused-ring (bicyclic) bond motifs is 1. The van der Waals surface area contributed by atoms with E-state index in [9.17, 15) is 0 Å². The molecule has 1 aliphatic heterocycles. The highest BCUT2D eigenvalue weighted by atomic mass is 127. The summed E-state index contributed by atoms with van der Waals surface area (Å²) in [6.45, 7) is 5.30. The second-order valence-electron chi connectivity index (χ2n) is 7.11. The molecule has 0 aromatic heterocycles. The molecule has 0 radical (unpaired) electrons. The number of morpholine rings is 1. The molecule has 0 spiro atoms. The Hall–Kier alpha value is -1.96. The van der Waals surface area contributed by atoms with Crippen molar-refractivity contribution in [2.24, 2.45) is 5.16 Å². The summed E-state index contributed by atoms with van der Waals surface area (Å²) >= 11 is 2.32. The van der Waals surface area contributed by atoms with Crippen LogP contribution in [0.5, 0.6) is 0 Å². The van der Waals surface area contributed by atoms with Crippen molar-refractivity contribution in [1.29, 1.82) is 0 Å². The maximum Gasteiger partial charge on any atom is 0.118 e. The number of hydrogen-bond donors (Lipinski definition) is 0. The minimum atomic E-state index is 0.607. The van der Waals surface area contributed by atoms with Crippen LogP contribution in [0.1, 0.15) is 17.5 Å². The molecule has 1 aliphatic rings. The molecule has 0 unspecified atom stereocenters. The molecule has 0 bridgehead atoms. The number of hydrogen-bond acceptors (Lipinski definition) is 4. The van der Waals surface area contributed by atoms with Gasteiger partial charge in [0.05, 0.1) is 13.2 Å². The fourth-order valence-electron chi connectivity index (χ4n) is 3.58. The van der Waals surface area contributed by atoms with Crippen molar-refractivity contribution in [2.45, 2.75) is 6.42 Å². The van der Waals surface area contributed by atoms with Crippen molar-refractivity contribution in [3.63, 3.8) is 0 Å². The van der Waals surface area contributed by atoms with Gasteiger partial charge in [0, 0.05) is 34.3 Å². The number of halogens is 1. The predicted molar refractivity (Wildman–Crippen MR) is 127 cm³/mol. The van der Waals surface area contributed by atoms with E-state index in [1.165, 1.54) is 14.3 Å². The van der Waals surface area contributed by atoms with Gasteiger partial charge in [-0.15, -0.1) is 0 Å². The Bertz CT molecular complexity index is 961. The van der Waals surface area contributed by atoms with Crippen molar-refractivity contribution in [2.75, 3.05) is 39.5 Å². The van der Waals surface area contributed by atoms with Crippen molar-refractivity contribution in [3.8, 4) is 0 Å². The van der Waals surface area contributed by atoms with Gasteiger partial charge in [0.2, 0.25) is 0 Å². The van der Waals surface area contributed by atoms with Gasteiger partial charge in [-0.1, -0.05) is 59.8 Å². The molecule has 1 saturated heterocycles. The standard InChI is InChI=1S/C24H25IN2O2/c25-21-11-9-20(10-12-21)24(23-8-3-6-19-5-1-2-7-22(19)23)26-29-16-4-13-27-14-17-28-18-15-27/h1-3,5-12H,4,13-18H2/b26-24-. The highest BCUT2D eigenvalue weighted by molar-refractivity contribution is 14.1. The molecule has 150 valence electrons. The van der Waals surface area contributed by atoms with Crippen LogP contribution in [-0.2, 0) is 9.57 Å². The van der Waals surface area contributed by atoms with Crippen molar-refractivity contribution < 1.29 is 9.57 Å². The van der Waals surface area contributed by atoms with E-state index in [0.717, 1.165) is 56.1 Å². The van der Waals surface area contributed by atoms with E-state index >= 15 is 0 Å². The summed E-state index contributed by atoms with van der Waals surface area (Å²) < 4.78 is 6.61. The Labute approximate surface area is 185 Å². The summed E-state index contributed by atoms with van der Waals surface area (Å²) in [6.07, 6.45) is 0.957. The van der Waals surface area contributed by atoms with Crippen LogP contribution in [0, 0.1) is 3.57 Å². The van der Waals surface area contributed by atoms with E-state index in [2.05, 4.69) is 99.4 Å². The zero-order valence-corrected chi connectivity index (χ0v) is 18.5. The second-order valence-corrected chi connectivity index (χ2v) is 8.36. The number of nitrogens with zero attached hydrogens (tertiary/aromatic N) is 2. The second kappa shape index (κ2) is 10.2. The van der Waals surface area contributed by atoms with Crippen LogP contribution in [0.15, 0.2) is 71.9 Å². The van der Waals surface area contributed by atoms with Crippen molar-refractivity contribution in [3.05, 3.63) is 81.4 Å². The third-order valence-corrected chi connectivity index (χ3v) is 5.85. The van der Waals surface area contributed by atoms with E-state index in [0.29, 0.717) is 6.61 Å². The number of benzene rings is 3. The molecule has 0 saturated carbocycles. The smallest absolute Gasteiger partial charge is 0.118 e. The summed E-state index contributed by atoms with van der Waals surface area (Å²) in [7, 11) is 0. The quantitative estimate of drug-likeness (QED) is 0.200. The molecule has 29 heavy (non-hydrogen) atoms. The van der Waals surface area contributed by atoms with E-state index in [1.807, 2.05) is 0 Å². The topological polar surface area (TPSA) is 34.1 Å². The summed E-state index contributed by atoms with van der Waals surface area (Å²) in [4.78, 5) is 8.22. The minimum absolute atomic E-state index is 0.607. The van der Waals surface area contributed by atoms with Gasteiger partial charge in [0.1, 0.15) is 12.3 Å².